The van der Waals surface area contributed by atoms with Gasteiger partial charge in [0.15, 0.2) is 17.8 Å². The number of nitrogens with two attached hydrogens (primary N) is 1. The number of nitrogens with zero attached hydrogens (tertiary/aromatic N) is 2. The Balaban J connectivity index is 2.01. The van der Waals surface area contributed by atoms with E-state index < -0.39 is 17.0 Å². The van der Waals surface area contributed by atoms with Gasteiger partial charge < -0.3 is 14.9 Å². The molecule has 1 aromatic heterocycles. The number of aryl methyl sites for hydroxylation is 1. The molecule has 2 atom stereocenters. The number of benzene rings is 1. The van der Waals surface area contributed by atoms with E-state index in [0.717, 1.165) is 0 Å². The number of hydrogen-bond donors (Lipinski definition) is 1. The van der Waals surface area contributed by atoms with Crippen LogP contribution in [0.2, 0.25) is 0 Å². The minimum atomic E-state index is -2.00. The van der Waals surface area contributed by atoms with E-state index in [0.29, 0.717) is 11.3 Å². The van der Waals surface area contributed by atoms with Crippen LogP contribution in [-0.4, -0.2) is 35.5 Å². The summed E-state index contributed by atoms with van der Waals surface area (Å²) in [5, 5.41) is 0. The van der Waals surface area contributed by atoms with Gasteiger partial charge in [-0.25, -0.2) is 13.8 Å². The lowest BCUT2D eigenvalue weighted by molar-refractivity contribution is -0.00109. The van der Waals surface area contributed by atoms with Crippen LogP contribution in [0.4, 0.5) is 8.78 Å². The van der Waals surface area contributed by atoms with Crippen LogP contribution in [0.25, 0.3) is 0 Å². The van der Waals surface area contributed by atoms with E-state index in [2.05, 4.69) is 9.98 Å². The summed E-state index contributed by atoms with van der Waals surface area (Å²) < 4.78 is 40.2. The zero-order valence-electron chi connectivity index (χ0n) is 15.4. The molecule has 0 radical (unpaired) electrons. The van der Waals surface area contributed by atoms with Crippen molar-refractivity contribution in [2.75, 3.05) is 13.2 Å². The summed E-state index contributed by atoms with van der Waals surface area (Å²) in [4.78, 5) is 20.5. The second kappa shape index (κ2) is 6.84. The maximum Gasteiger partial charge on any atom is 0.189 e. The molecule has 1 unspecified atom stereocenters. The summed E-state index contributed by atoms with van der Waals surface area (Å²) >= 11 is 0. The Morgan fingerprint density at radius 1 is 1.37 bits per heavy atom. The fourth-order valence-electron chi connectivity index (χ4n) is 3.16. The molecule has 0 aliphatic carbocycles. The summed E-state index contributed by atoms with van der Waals surface area (Å²) in [5.41, 5.74) is 2.93. The largest absolute Gasteiger partial charge is 0.448 e. The number of carbonyl (C=O) groups excluding carboxylic acids is 1. The average Bonchev–Trinajstić information content (AvgIpc) is 2.98. The number of rotatable bonds is 4. The van der Waals surface area contributed by atoms with Gasteiger partial charge in [-0.3, -0.25) is 9.79 Å². The first-order chi connectivity index (χ1) is 12.6. The molecule has 2 N–H and O–H groups in total. The van der Waals surface area contributed by atoms with Gasteiger partial charge in [-0.05, 0) is 38.5 Å². The SMILES string of the molecule is Cc1ocnc1C(=O)Cc1ccc(F)c([C@@]2(C)N=C(N)COCC2(C)F)c1. The highest BCUT2D eigenvalue weighted by Crippen LogP contribution is 2.42. The fraction of sp³-hybridized carbons (Fsp3) is 0.421. The Morgan fingerprint density at radius 3 is 2.78 bits per heavy atom. The Morgan fingerprint density at radius 2 is 2.11 bits per heavy atom. The number of ether oxygens (including phenoxy) is 1. The first-order valence-corrected chi connectivity index (χ1v) is 8.47. The third-order valence-electron chi connectivity index (χ3n) is 4.93. The molecule has 0 bridgehead atoms. The lowest BCUT2D eigenvalue weighted by atomic mass is 9.78. The monoisotopic (exact) mass is 377 g/mol. The topological polar surface area (TPSA) is 90.7 Å². The van der Waals surface area contributed by atoms with E-state index in [9.17, 15) is 9.18 Å². The van der Waals surface area contributed by atoms with Crippen LogP contribution in [0.3, 0.4) is 0 Å². The predicted octanol–water partition coefficient (Wildman–Crippen LogP) is 2.88. The summed E-state index contributed by atoms with van der Waals surface area (Å²) in [7, 11) is 0. The average molecular weight is 377 g/mol. The molecule has 6 nitrogen and oxygen atoms in total. The molecule has 0 amide bonds. The third-order valence-corrected chi connectivity index (χ3v) is 4.93. The number of carbonyl (C=O) groups is 1. The normalized spacial score (nSPS) is 25.7. The Hall–Kier alpha value is -2.61. The van der Waals surface area contributed by atoms with Gasteiger partial charge in [-0.1, -0.05) is 6.07 Å². The molecule has 0 fully saturated rings. The first-order valence-electron chi connectivity index (χ1n) is 8.47. The minimum Gasteiger partial charge on any atom is -0.448 e. The highest BCUT2D eigenvalue weighted by molar-refractivity contribution is 5.96. The molecule has 1 aliphatic heterocycles. The van der Waals surface area contributed by atoms with Crippen LogP contribution in [0.1, 0.15) is 41.2 Å². The summed E-state index contributed by atoms with van der Waals surface area (Å²) in [6.07, 6.45) is 1.16. The predicted molar refractivity (Wildman–Crippen MR) is 95.0 cm³/mol. The fourth-order valence-corrected chi connectivity index (χ4v) is 3.16. The first kappa shape index (κ1) is 19.2. The van der Waals surface area contributed by atoms with E-state index in [1.54, 1.807) is 6.92 Å². The second-order valence-electron chi connectivity index (χ2n) is 7.04. The second-order valence-corrected chi connectivity index (χ2v) is 7.04. The van der Waals surface area contributed by atoms with Gasteiger partial charge in [0, 0.05) is 12.0 Å². The van der Waals surface area contributed by atoms with Crippen molar-refractivity contribution >= 4 is 11.6 Å². The molecule has 8 heteroatoms. The lowest BCUT2D eigenvalue weighted by Crippen LogP contribution is -2.46. The van der Waals surface area contributed by atoms with Gasteiger partial charge in [0.05, 0.1) is 6.61 Å². The maximum atomic E-state index is 15.3. The van der Waals surface area contributed by atoms with Crippen molar-refractivity contribution in [2.24, 2.45) is 10.7 Å². The van der Waals surface area contributed by atoms with Gasteiger partial charge in [0.2, 0.25) is 0 Å². The van der Waals surface area contributed by atoms with Crippen LogP contribution in [0, 0.1) is 12.7 Å². The molecule has 144 valence electrons. The van der Waals surface area contributed by atoms with Crippen molar-refractivity contribution in [3.63, 3.8) is 0 Å². The lowest BCUT2D eigenvalue weighted by Gasteiger charge is -2.36. The Kier molecular flexibility index (Phi) is 4.86. The van der Waals surface area contributed by atoms with Gasteiger partial charge in [0.25, 0.3) is 0 Å². The Bertz CT molecular complexity index is 907. The number of aromatic nitrogens is 1. The van der Waals surface area contributed by atoms with Crippen LogP contribution in [-0.2, 0) is 16.7 Å². The molecule has 2 heterocycles. The molecular weight excluding hydrogens is 356 g/mol. The Labute approximate surface area is 155 Å². The van der Waals surface area contributed by atoms with E-state index >= 15 is 4.39 Å². The number of halogens is 2. The van der Waals surface area contributed by atoms with Crippen LogP contribution >= 0.6 is 0 Å². The van der Waals surface area contributed by atoms with Crippen LogP contribution in [0.5, 0.6) is 0 Å². The van der Waals surface area contributed by atoms with E-state index in [1.807, 2.05) is 0 Å². The highest BCUT2D eigenvalue weighted by atomic mass is 19.1. The quantitative estimate of drug-likeness (QED) is 0.828. The van der Waals surface area contributed by atoms with Gasteiger partial charge in [-0.2, -0.15) is 0 Å². The van der Waals surface area contributed by atoms with Crippen molar-refractivity contribution in [2.45, 2.75) is 38.4 Å². The third kappa shape index (κ3) is 3.49. The minimum absolute atomic E-state index is 0.0168. The number of Topliss-reactive ketones (excluding diaryl/α,β-unsaturated/α-hetero) is 1. The molecule has 0 saturated carbocycles. The molecule has 2 aromatic rings. The number of amidine groups is 1. The highest BCUT2D eigenvalue weighted by Gasteiger charge is 2.50. The molecule has 27 heavy (non-hydrogen) atoms. The number of ketones is 1. The maximum absolute atomic E-state index is 15.3. The van der Waals surface area contributed by atoms with Crippen LogP contribution in [0.15, 0.2) is 34.0 Å². The summed E-state index contributed by atoms with van der Waals surface area (Å²) in [5.74, 6) is -0.422. The van der Waals surface area contributed by atoms with Crippen molar-refractivity contribution in [1.82, 2.24) is 4.98 Å². The van der Waals surface area contributed by atoms with Crippen LogP contribution < -0.4 is 5.73 Å². The number of alkyl halides is 1. The molecule has 1 aliphatic rings. The van der Waals surface area contributed by atoms with Crippen molar-refractivity contribution < 1.29 is 22.7 Å². The van der Waals surface area contributed by atoms with E-state index in [-0.39, 0.29) is 42.5 Å². The molecule has 0 saturated heterocycles. The number of aliphatic imine (C=N–C) groups is 1. The molecule has 0 spiro atoms. The van der Waals surface area contributed by atoms with Crippen molar-refractivity contribution in [3.05, 3.63) is 53.0 Å². The van der Waals surface area contributed by atoms with E-state index in [4.69, 9.17) is 14.9 Å². The van der Waals surface area contributed by atoms with Crippen molar-refractivity contribution in [1.29, 1.82) is 0 Å². The molecule has 3 rings (SSSR count). The summed E-state index contributed by atoms with van der Waals surface area (Å²) in [6, 6.07) is 4.13. The van der Waals surface area contributed by atoms with Gasteiger partial charge in [0.1, 0.15) is 35.3 Å². The molecule has 1 aromatic carbocycles. The molecular formula is C19H21F2N3O3. The summed E-state index contributed by atoms with van der Waals surface area (Å²) in [6.45, 7) is 4.09. The zero-order chi connectivity index (χ0) is 19.8. The van der Waals surface area contributed by atoms with Crippen molar-refractivity contribution in [3.8, 4) is 0 Å². The van der Waals surface area contributed by atoms with Gasteiger partial charge in [-0.15, -0.1) is 0 Å². The number of oxazole rings is 1. The standard InChI is InChI=1S/C19H21F2N3O3/c1-11-17(23-10-27-11)15(25)7-12-4-5-14(20)13(6-12)19(3)18(2,21)9-26-8-16(22)24-19/h4-6,10H,7-9H2,1-3H3,(H2,22,24)/t18?,19-/m1/s1. The zero-order valence-corrected chi connectivity index (χ0v) is 15.4. The van der Waals surface area contributed by atoms with E-state index in [1.165, 1.54) is 38.4 Å². The van der Waals surface area contributed by atoms with Gasteiger partial charge >= 0.3 is 0 Å². The smallest absolute Gasteiger partial charge is 0.189 e. The number of hydrogen-bond acceptors (Lipinski definition) is 6.